The largest absolute Gasteiger partial charge is 0.497 e. The van der Waals surface area contributed by atoms with Gasteiger partial charge in [0.05, 0.1) is 14.2 Å². The zero-order valence-electron chi connectivity index (χ0n) is 10.9. The topological polar surface area (TPSA) is 72.8 Å². The third kappa shape index (κ3) is 2.59. The summed E-state index contributed by atoms with van der Waals surface area (Å²) in [5.41, 5.74) is -1.50. The molecule has 1 atom stereocenters. The Morgan fingerprint density at radius 3 is 2.58 bits per heavy atom. The Kier molecular flexibility index (Phi) is 4.69. The lowest BCUT2D eigenvalue weighted by Crippen LogP contribution is -2.44. The van der Waals surface area contributed by atoms with E-state index in [1.165, 1.54) is 19.3 Å². The number of carboxylic acid groups (broad SMARTS) is 1. The minimum atomic E-state index is -1.80. The summed E-state index contributed by atoms with van der Waals surface area (Å²) in [6.07, 6.45) is 1.31. The van der Waals surface area contributed by atoms with Crippen molar-refractivity contribution < 1.29 is 24.2 Å². The quantitative estimate of drug-likeness (QED) is 0.481. The number of carbonyl (C=O) groups is 2. The average Bonchev–Trinajstić information content (AvgIpc) is 2.43. The highest BCUT2D eigenvalue weighted by Gasteiger charge is 2.48. The minimum absolute atomic E-state index is 0.0673. The van der Waals surface area contributed by atoms with E-state index in [1.807, 2.05) is 0 Å². The predicted octanol–water partition coefficient (Wildman–Crippen LogP) is 1.77. The SMILES string of the molecule is C=CC[C@@](C(=O)O)(C(=O)OC)c1cccc(OC)c1. The number of hydrogen-bond donors (Lipinski definition) is 1. The summed E-state index contributed by atoms with van der Waals surface area (Å²) in [5.74, 6) is -1.66. The second-order valence-corrected chi connectivity index (χ2v) is 3.93. The van der Waals surface area contributed by atoms with Crippen LogP contribution in [0.1, 0.15) is 12.0 Å². The first kappa shape index (κ1) is 14.8. The molecule has 0 spiro atoms. The van der Waals surface area contributed by atoms with Gasteiger partial charge in [0.15, 0.2) is 5.41 Å². The molecule has 19 heavy (non-hydrogen) atoms. The van der Waals surface area contributed by atoms with Crippen LogP contribution in [0, 0.1) is 0 Å². The lowest BCUT2D eigenvalue weighted by Gasteiger charge is -2.26. The maximum atomic E-state index is 12.0. The van der Waals surface area contributed by atoms with Crippen LogP contribution in [0.15, 0.2) is 36.9 Å². The molecule has 102 valence electrons. The fourth-order valence-corrected chi connectivity index (χ4v) is 1.90. The Bertz CT molecular complexity index is 494. The van der Waals surface area contributed by atoms with Crippen molar-refractivity contribution in [3.05, 3.63) is 42.5 Å². The van der Waals surface area contributed by atoms with E-state index in [-0.39, 0.29) is 6.42 Å². The van der Waals surface area contributed by atoms with Crippen LogP contribution >= 0.6 is 0 Å². The Labute approximate surface area is 111 Å². The summed E-state index contributed by atoms with van der Waals surface area (Å²) in [6, 6.07) is 6.35. The van der Waals surface area contributed by atoms with Crippen molar-refractivity contribution in [3.63, 3.8) is 0 Å². The van der Waals surface area contributed by atoms with Crippen molar-refractivity contribution in [1.82, 2.24) is 0 Å². The van der Waals surface area contributed by atoms with E-state index in [2.05, 4.69) is 11.3 Å². The van der Waals surface area contributed by atoms with Gasteiger partial charge < -0.3 is 14.6 Å². The highest BCUT2D eigenvalue weighted by atomic mass is 16.5. The van der Waals surface area contributed by atoms with Gasteiger partial charge in [0.25, 0.3) is 0 Å². The molecule has 1 aromatic carbocycles. The number of allylic oxidation sites excluding steroid dienone is 1. The van der Waals surface area contributed by atoms with Crippen molar-refractivity contribution in [3.8, 4) is 5.75 Å². The van der Waals surface area contributed by atoms with E-state index >= 15 is 0 Å². The van der Waals surface area contributed by atoms with Gasteiger partial charge in [-0.05, 0) is 24.1 Å². The predicted molar refractivity (Wildman–Crippen MR) is 69.1 cm³/mol. The monoisotopic (exact) mass is 264 g/mol. The van der Waals surface area contributed by atoms with E-state index in [9.17, 15) is 14.7 Å². The Morgan fingerprint density at radius 2 is 2.11 bits per heavy atom. The lowest BCUT2D eigenvalue weighted by molar-refractivity contribution is -0.159. The maximum Gasteiger partial charge on any atom is 0.328 e. The Balaban J connectivity index is 3.47. The number of ether oxygens (including phenoxy) is 2. The molecule has 0 radical (unpaired) electrons. The van der Waals surface area contributed by atoms with Crippen LogP contribution in [-0.4, -0.2) is 31.3 Å². The number of aliphatic carboxylic acids is 1. The number of esters is 1. The smallest absolute Gasteiger partial charge is 0.328 e. The fraction of sp³-hybridized carbons (Fsp3) is 0.286. The van der Waals surface area contributed by atoms with E-state index in [0.717, 1.165) is 7.11 Å². The average molecular weight is 264 g/mol. The third-order valence-electron chi connectivity index (χ3n) is 2.91. The summed E-state index contributed by atoms with van der Waals surface area (Å²) < 4.78 is 9.70. The van der Waals surface area contributed by atoms with E-state index < -0.39 is 17.4 Å². The number of carboxylic acids is 1. The maximum absolute atomic E-state index is 12.0. The fourth-order valence-electron chi connectivity index (χ4n) is 1.90. The molecule has 0 heterocycles. The number of hydrogen-bond acceptors (Lipinski definition) is 4. The van der Waals surface area contributed by atoms with Crippen molar-refractivity contribution in [2.75, 3.05) is 14.2 Å². The Morgan fingerprint density at radius 1 is 1.42 bits per heavy atom. The molecular weight excluding hydrogens is 248 g/mol. The van der Waals surface area contributed by atoms with Crippen LogP contribution < -0.4 is 4.74 Å². The first-order valence-electron chi connectivity index (χ1n) is 5.60. The van der Waals surface area contributed by atoms with E-state index in [4.69, 9.17) is 4.74 Å². The molecule has 0 saturated heterocycles. The number of benzene rings is 1. The molecule has 0 amide bonds. The molecule has 0 aliphatic heterocycles. The first-order chi connectivity index (χ1) is 9.02. The van der Waals surface area contributed by atoms with Gasteiger partial charge in [0.2, 0.25) is 0 Å². The van der Waals surface area contributed by atoms with Gasteiger partial charge in [0.1, 0.15) is 5.75 Å². The first-order valence-corrected chi connectivity index (χ1v) is 5.60. The molecule has 0 saturated carbocycles. The summed E-state index contributed by atoms with van der Waals surface area (Å²) >= 11 is 0. The van der Waals surface area contributed by atoms with Crippen LogP contribution in [-0.2, 0) is 19.7 Å². The van der Waals surface area contributed by atoms with Gasteiger partial charge in [-0.2, -0.15) is 0 Å². The molecule has 5 nitrogen and oxygen atoms in total. The van der Waals surface area contributed by atoms with Crippen molar-refractivity contribution in [2.45, 2.75) is 11.8 Å². The normalized spacial score (nSPS) is 13.2. The van der Waals surface area contributed by atoms with Crippen molar-refractivity contribution in [1.29, 1.82) is 0 Å². The van der Waals surface area contributed by atoms with Crippen LogP contribution in [0.4, 0.5) is 0 Å². The number of carbonyl (C=O) groups excluding carboxylic acids is 1. The second-order valence-electron chi connectivity index (χ2n) is 3.93. The molecule has 1 rings (SSSR count). The molecule has 0 fully saturated rings. The van der Waals surface area contributed by atoms with E-state index in [1.54, 1.807) is 18.2 Å². The van der Waals surface area contributed by atoms with Gasteiger partial charge in [-0.25, -0.2) is 0 Å². The summed E-state index contributed by atoms with van der Waals surface area (Å²) in [5, 5.41) is 9.48. The molecule has 1 aromatic rings. The molecule has 1 N–H and O–H groups in total. The van der Waals surface area contributed by atoms with Crippen molar-refractivity contribution in [2.24, 2.45) is 0 Å². The van der Waals surface area contributed by atoms with Crippen molar-refractivity contribution >= 4 is 11.9 Å². The second kappa shape index (κ2) is 6.04. The van der Waals surface area contributed by atoms with Crippen LogP contribution in [0.5, 0.6) is 5.75 Å². The van der Waals surface area contributed by atoms with Gasteiger partial charge in [0, 0.05) is 0 Å². The Hall–Kier alpha value is -2.30. The minimum Gasteiger partial charge on any atom is -0.497 e. The lowest BCUT2D eigenvalue weighted by atomic mass is 9.77. The van der Waals surface area contributed by atoms with Gasteiger partial charge in [-0.15, -0.1) is 6.58 Å². The van der Waals surface area contributed by atoms with Crippen LogP contribution in [0.3, 0.4) is 0 Å². The van der Waals surface area contributed by atoms with Gasteiger partial charge in [-0.3, -0.25) is 9.59 Å². The molecule has 0 unspecified atom stereocenters. The molecular formula is C14H16O5. The summed E-state index contributed by atoms with van der Waals surface area (Å²) in [7, 11) is 2.62. The van der Waals surface area contributed by atoms with Gasteiger partial charge in [-0.1, -0.05) is 18.2 Å². The zero-order chi connectivity index (χ0) is 14.5. The molecule has 0 bridgehead atoms. The number of rotatable bonds is 6. The molecule has 5 heteroatoms. The third-order valence-corrected chi connectivity index (χ3v) is 2.91. The zero-order valence-corrected chi connectivity index (χ0v) is 10.9. The van der Waals surface area contributed by atoms with E-state index in [0.29, 0.717) is 11.3 Å². The van der Waals surface area contributed by atoms with Crippen LogP contribution in [0.2, 0.25) is 0 Å². The molecule has 0 aliphatic rings. The number of methoxy groups -OCH3 is 2. The van der Waals surface area contributed by atoms with Gasteiger partial charge >= 0.3 is 11.9 Å². The standard InChI is InChI=1S/C14H16O5/c1-4-8-14(12(15)16,13(17)19-3)10-6-5-7-11(9-10)18-2/h4-7,9H,1,8H2,2-3H3,(H,15,16)/t14-/m1/s1. The summed E-state index contributed by atoms with van der Waals surface area (Å²) in [4.78, 5) is 23.6. The molecule has 0 aromatic heterocycles. The summed E-state index contributed by atoms with van der Waals surface area (Å²) in [6.45, 7) is 3.51. The highest BCUT2D eigenvalue weighted by Crippen LogP contribution is 2.32. The highest BCUT2D eigenvalue weighted by molar-refractivity contribution is 6.05. The molecule has 0 aliphatic carbocycles. The van der Waals surface area contributed by atoms with Crippen LogP contribution in [0.25, 0.3) is 0 Å².